The van der Waals surface area contributed by atoms with Gasteiger partial charge in [-0.15, -0.1) is 0 Å². The molecule has 0 N–H and O–H groups in total. The molecule has 2 rings (SSSR count). The Hall–Kier alpha value is -1.75. The molecule has 0 radical (unpaired) electrons. The van der Waals surface area contributed by atoms with Crippen LogP contribution in [-0.2, 0) is 17.6 Å². The van der Waals surface area contributed by atoms with Crippen LogP contribution in [0.3, 0.4) is 0 Å². The van der Waals surface area contributed by atoms with Crippen LogP contribution in [0.4, 0.5) is 4.39 Å². The first-order valence-electron chi connectivity index (χ1n) is 6.24. The van der Waals surface area contributed by atoms with E-state index in [2.05, 4.69) is 10.1 Å². The highest BCUT2D eigenvalue weighted by atomic mass is 35.5. The van der Waals surface area contributed by atoms with Crippen molar-refractivity contribution in [1.82, 2.24) is 10.1 Å². The molecular formula is C14H14ClFN2O2. The van der Waals surface area contributed by atoms with Crippen molar-refractivity contribution >= 4 is 17.4 Å². The van der Waals surface area contributed by atoms with Gasteiger partial charge in [0.05, 0.1) is 11.4 Å². The zero-order chi connectivity index (χ0) is 14.7. The molecule has 0 atom stereocenters. The van der Waals surface area contributed by atoms with Gasteiger partial charge in [0.25, 0.3) is 0 Å². The second-order valence-corrected chi connectivity index (χ2v) is 5.20. The van der Waals surface area contributed by atoms with Crippen LogP contribution in [0.1, 0.15) is 31.1 Å². The van der Waals surface area contributed by atoms with Crippen LogP contribution in [0.5, 0.6) is 0 Å². The number of benzene rings is 1. The molecule has 1 aromatic heterocycles. The van der Waals surface area contributed by atoms with Gasteiger partial charge in [-0.2, -0.15) is 4.98 Å². The number of Topliss-reactive ketones (excluding diaryl/α,β-unsaturated/α-hetero) is 1. The van der Waals surface area contributed by atoms with Gasteiger partial charge in [-0.25, -0.2) is 4.39 Å². The van der Waals surface area contributed by atoms with Crippen molar-refractivity contribution in [2.75, 3.05) is 0 Å². The van der Waals surface area contributed by atoms with Gasteiger partial charge in [0.15, 0.2) is 5.82 Å². The average molecular weight is 297 g/mol. The number of carbonyl (C=O) groups is 1. The molecule has 1 heterocycles. The summed E-state index contributed by atoms with van der Waals surface area (Å²) < 4.78 is 18.7. The van der Waals surface area contributed by atoms with Crippen molar-refractivity contribution in [1.29, 1.82) is 0 Å². The zero-order valence-electron chi connectivity index (χ0n) is 11.2. The summed E-state index contributed by atoms with van der Waals surface area (Å²) in [7, 11) is 0. The van der Waals surface area contributed by atoms with Crippen LogP contribution in [-0.4, -0.2) is 15.9 Å². The van der Waals surface area contributed by atoms with Crippen molar-refractivity contribution in [2.24, 2.45) is 5.92 Å². The van der Waals surface area contributed by atoms with Crippen LogP contribution >= 0.6 is 11.6 Å². The van der Waals surface area contributed by atoms with Gasteiger partial charge in [-0.3, -0.25) is 4.79 Å². The van der Waals surface area contributed by atoms with E-state index in [9.17, 15) is 9.18 Å². The summed E-state index contributed by atoms with van der Waals surface area (Å²) >= 11 is 5.71. The highest BCUT2D eigenvalue weighted by molar-refractivity contribution is 6.30. The van der Waals surface area contributed by atoms with Gasteiger partial charge in [0.2, 0.25) is 5.89 Å². The lowest BCUT2D eigenvalue weighted by Gasteiger charge is -2.00. The van der Waals surface area contributed by atoms with Gasteiger partial charge in [-0.05, 0) is 11.6 Å². The van der Waals surface area contributed by atoms with Crippen molar-refractivity contribution < 1.29 is 13.7 Å². The molecule has 0 saturated heterocycles. The molecule has 2 aromatic rings. The number of halogens is 2. The minimum Gasteiger partial charge on any atom is -0.339 e. The average Bonchev–Trinajstić information content (AvgIpc) is 2.82. The topological polar surface area (TPSA) is 56.0 Å². The second-order valence-electron chi connectivity index (χ2n) is 4.79. The Balaban J connectivity index is 2.10. The molecule has 0 aliphatic carbocycles. The first-order valence-corrected chi connectivity index (χ1v) is 6.62. The Morgan fingerprint density at radius 3 is 2.90 bits per heavy atom. The first-order chi connectivity index (χ1) is 9.47. The second kappa shape index (κ2) is 6.13. The number of nitrogens with zero attached hydrogens (tertiary/aromatic N) is 2. The summed E-state index contributed by atoms with van der Waals surface area (Å²) in [6.07, 6.45) is 0.272. The van der Waals surface area contributed by atoms with Gasteiger partial charge in [0, 0.05) is 12.3 Å². The zero-order valence-corrected chi connectivity index (χ0v) is 11.9. The largest absolute Gasteiger partial charge is 0.339 e. The molecule has 20 heavy (non-hydrogen) atoms. The summed E-state index contributed by atoms with van der Waals surface area (Å²) in [5, 5.41) is 3.80. The Morgan fingerprint density at radius 1 is 1.45 bits per heavy atom. The lowest BCUT2D eigenvalue weighted by atomic mass is 10.1. The molecule has 0 saturated carbocycles. The standard InChI is InChI=1S/C14H14ClFN2O2/c1-8(2)11(19)7-13-17-12(18-20-13)6-9-4-3-5-10(15)14(9)16/h3-5,8H,6-7H2,1-2H3. The van der Waals surface area contributed by atoms with E-state index in [1.165, 1.54) is 6.07 Å². The van der Waals surface area contributed by atoms with Crippen molar-refractivity contribution in [3.63, 3.8) is 0 Å². The summed E-state index contributed by atoms with van der Waals surface area (Å²) in [6, 6.07) is 4.74. The maximum Gasteiger partial charge on any atom is 0.234 e. The predicted molar refractivity (Wildman–Crippen MR) is 72.1 cm³/mol. The highest BCUT2D eigenvalue weighted by Gasteiger charge is 2.15. The van der Waals surface area contributed by atoms with E-state index >= 15 is 0 Å². The van der Waals surface area contributed by atoms with Crippen LogP contribution in [0.15, 0.2) is 22.7 Å². The lowest BCUT2D eigenvalue weighted by molar-refractivity contribution is -0.121. The number of rotatable bonds is 5. The van der Waals surface area contributed by atoms with Crippen LogP contribution in [0.2, 0.25) is 5.02 Å². The molecule has 0 aliphatic heterocycles. The van der Waals surface area contributed by atoms with Crippen molar-refractivity contribution in [3.05, 3.63) is 46.3 Å². The molecule has 106 valence electrons. The van der Waals surface area contributed by atoms with E-state index in [-0.39, 0.29) is 35.5 Å². The van der Waals surface area contributed by atoms with Crippen LogP contribution in [0, 0.1) is 11.7 Å². The van der Waals surface area contributed by atoms with E-state index in [1.54, 1.807) is 26.0 Å². The molecule has 0 unspecified atom stereocenters. The Kier molecular flexibility index (Phi) is 4.49. The lowest BCUT2D eigenvalue weighted by Crippen LogP contribution is -2.10. The quantitative estimate of drug-likeness (QED) is 0.850. The number of carbonyl (C=O) groups excluding carboxylic acids is 1. The Bertz CT molecular complexity index is 625. The third-order valence-corrected chi connectivity index (χ3v) is 3.15. The summed E-state index contributed by atoms with van der Waals surface area (Å²) in [6.45, 7) is 3.61. The number of aromatic nitrogens is 2. The third-order valence-electron chi connectivity index (χ3n) is 2.86. The van der Waals surface area contributed by atoms with Gasteiger partial charge >= 0.3 is 0 Å². The first kappa shape index (κ1) is 14.7. The molecule has 6 heteroatoms. The maximum atomic E-state index is 13.7. The molecule has 1 aromatic carbocycles. The summed E-state index contributed by atoms with van der Waals surface area (Å²) in [5.41, 5.74) is 0.389. The van der Waals surface area contributed by atoms with E-state index in [4.69, 9.17) is 16.1 Å². The molecule has 0 amide bonds. The molecule has 0 bridgehead atoms. The summed E-state index contributed by atoms with van der Waals surface area (Å²) in [5.74, 6) is 0.0301. The molecule has 0 aliphatic rings. The molecule has 4 nitrogen and oxygen atoms in total. The normalized spacial score (nSPS) is 11.1. The SMILES string of the molecule is CC(C)C(=O)Cc1nc(Cc2cccc(Cl)c2F)no1. The fraction of sp³-hybridized carbons (Fsp3) is 0.357. The van der Waals surface area contributed by atoms with Gasteiger partial charge in [0.1, 0.15) is 11.6 Å². The minimum absolute atomic E-state index is 0.0223. The molecule has 0 fully saturated rings. The van der Waals surface area contributed by atoms with Crippen molar-refractivity contribution in [2.45, 2.75) is 26.7 Å². The van der Waals surface area contributed by atoms with Gasteiger partial charge in [-0.1, -0.05) is 42.7 Å². The van der Waals surface area contributed by atoms with E-state index in [1.807, 2.05) is 0 Å². The monoisotopic (exact) mass is 296 g/mol. The Morgan fingerprint density at radius 2 is 2.20 bits per heavy atom. The van der Waals surface area contributed by atoms with E-state index in [0.29, 0.717) is 11.4 Å². The fourth-order valence-electron chi connectivity index (χ4n) is 1.64. The van der Waals surface area contributed by atoms with Crippen LogP contribution in [0.25, 0.3) is 0 Å². The number of hydrogen-bond acceptors (Lipinski definition) is 4. The highest BCUT2D eigenvalue weighted by Crippen LogP contribution is 2.19. The van der Waals surface area contributed by atoms with E-state index in [0.717, 1.165) is 0 Å². The number of ketones is 1. The van der Waals surface area contributed by atoms with Crippen LogP contribution < -0.4 is 0 Å². The molecular weight excluding hydrogens is 283 g/mol. The summed E-state index contributed by atoms with van der Waals surface area (Å²) in [4.78, 5) is 15.7. The van der Waals surface area contributed by atoms with Gasteiger partial charge < -0.3 is 4.52 Å². The third kappa shape index (κ3) is 3.42. The fourth-order valence-corrected chi connectivity index (χ4v) is 1.84. The Labute approximate surface area is 120 Å². The van der Waals surface area contributed by atoms with Crippen molar-refractivity contribution in [3.8, 4) is 0 Å². The predicted octanol–water partition coefficient (Wildman–Crippen LogP) is 3.22. The molecule has 0 spiro atoms. The van der Waals surface area contributed by atoms with E-state index < -0.39 is 5.82 Å². The minimum atomic E-state index is -0.487. The number of hydrogen-bond donors (Lipinski definition) is 0. The smallest absolute Gasteiger partial charge is 0.234 e. The maximum absolute atomic E-state index is 13.7.